The molecule has 0 saturated heterocycles. The van der Waals surface area contributed by atoms with Crippen LogP contribution in [0, 0.1) is 5.82 Å². The van der Waals surface area contributed by atoms with Crippen LogP contribution in [-0.4, -0.2) is 11.1 Å². The van der Waals surface area contributed by atoms with E-state index in [1.807, 2.05) is 0 Å². The third-order valence-electron chi connectivity index (χ3n) is 1.87. The van der Waals surface area contributed by atoms with Crippen molar-refractivity contribution in [2.75, 3.05) is 0 Å². The highest BCUT2D eigenvalue weighted by Crippen LogP contribution is 2.31. The summed E-state index contributed by atoms with van der Waals surface area (Å²) in [7, 11) is 0. The van der Waals surface area contributed by atoms with Gasteiger partial charge in [0, 0.05) is 5.56 Å². The van der Waals surface area contributed by atoms with Crippen LogP contribution in [-0.2, 0) is 10.3 Å². The van der Waals surface area contributed by atoms with Gasteiger partial charge in [-0.2, -0.15) is 4.99 Å². The average molecular weight is 249 g/mol. The molecule has 0 aromatic carbocycles. The summed E-state index contributed by atoms with van der Waals surface area (Å²) in [6, 6.07) is 1.11. The first kappa shape index (κ1) is 12.1. The maximum absolute atomic E-state index is 13.1. The van der Waals surface area contributed by atoms with Gasteiger partial charge in [0.05, 0.1) is 5.54 Å². The lowest BCUT2D eigenvalue weighted by Gasteiger charge is -2.18. The van der Waals surface area contributed by atoms with Gasteiger partial charge in [-0.3, -0.25) is 0 Å². The van der Waals surface area contributed by atoms with Crippen LogP contribution in [0.2, 0.25) is 10.3 Å². The summed E-state index contributed by atoms with van der Waals surface area (Å²) >= 11 is 11.2. The molecule has 1 aromatic heterocycles. The lowest BCUT2D eigenvalue weighted by molar-refractivity contribution is 0.516. The van der Waals surface area contributed by atoms with Crippen LogP contribution in [0.5, 0.6) is 0 Å². The molecule has 1 rings (SSSR count). The van der Waals surface area contributed by atoms with Crippen LogP contribution in [0.4, 0.5) is 4.39 Å². The second-order valence-corrected chi connectivity index (χ2v) is 4.08. The summed E-state index contributed by atoms with van der Waals surface area (Å²) in [5.74, 6) is -0.703. The van der Waals surface area contributed by atoms with Crippen LogP contribution in [0.1, 0.15) is 19.4 Å². The summed E-state index contributed by atoms with van der Waals surface area (Å²) in [5, 5.41) is -0.292. The zero-order valence-corrected chi connectivity index (χ0v) is 9.53. The lowest BCUT2D eigenvalue weighted by atomic mass is 9.97. The van der Waals surface area contributed by atoms with E-state index in [0.717, 1.165) is 6.07 Å². The molecule has 3 nitrogen and oxygen atoms in total. The van der Waals surface area contributed by atoms with Crippen molar-refractivity contribution in [2.24, 2.45) is 4.99 Å². The number of aromatic nitrogens is 1. The van der Waals surface area contributed by atoms with Crippen LogP contribution < -0.4 is 0 Å². The van der Waals surface area contributed by atoms with Crippen LogP contribution in [0.25, 0.3) is 0 Å². The molecular weight excluding hydrogens is 242 g/mol. The number of pyridine rings is 1. The fourth-order valence-corrected chi connectivity index (χ4v) is 1.60. The Balaban J connectivity index is 3.38. The maximum atomic E-state index is 13.1. The van der Waals surface area contributed by atoms with Gasteiger partial charge in [-0.25, -0.2) is 14.2 Å². The number of hydrogen-bond donors (Lipinski definition) is 0. The normalized spacial score (nSPS) is 11.0. The Morgan fingerprint density at radius 2 is 2.07 bits per heavy atom. The Bertz CT molecular complexity index is 442. The minimum absolute atomic E-state index is 0.0189. The molecule has 0 fully saturated rings. The molecule has 0 bridgehead atoms. The van der Waals surface area contributed by atoms with Gasteiger partial charge in [-0.05, 0) is 19.9 Å². The van der Waals surface area contributed by atoms with Crippen LogP contribution in [0.15, 0.2) is 11.1 Å². The van der Waals surface area contributed by atoms with Crippen molar-refractivity contribution < 1.29 is 9.18 Å². The Hall–Kier alpha value is -0.960. The summed E-state index contributed by atoms with van der Waals surface area (Å²) in [4.78, 5) is 17.3. The summed E-state index contributed by atoms with van der Waals surface area (Å²) in [5.41, 5.74) is -0.688. The topological polar surface area (TPSA) is 42.3 Å². The Morgan fingerprint density at radius 1 is 1.47 bits per heavy atom. The first-order valence-electron chi connectivity index (χ1n) is 3.99. The Kier molecular flexibility index (Phi) is 3.45. The van der Waals surface area contributed by atoms with Gasteiger partial charge in [-0.15, -0.1) is 0 Å². The number of hydrogen-bond acceptors (Lipinski definition) is 3. The molecule has 1 heterocycles. The maximum Gasteiger partial charge on any atom is 0.235 e. The second kappa shape index (κ2) is 4.27. The predicted octanol–water partition coefficient (Wildman–Crippen LogP) is 3.10. The molecule has 80 valence electrons. The number of aliphatic imine (C=N–C) groups is 1. The molecular formula is C9H7Cl2FN2O. The quantitative estimate of drug-likeness (QED) is 0.459. The van der Waals surface area contributed by atoms with Crippen molar-refractivity contribution in [3.63, 3.8) is 0 Å². The molecule has 0 aliphatic heterocycles. The highest BCUT2D eigenvalue weighted by atomic mass is 35.5. The Morgan fingerprint density at radius 3 is 2.60 bits per heavy atom. The number of rotatable bonds is 2. The number of halogens is 3. The highest BCUT2D eigenvalue weighted by Gasteiger charge is 2.25. The molecule has 0 atom stereocenters. The minimum Gasteiger partial charge on any atom is -0.221 e. The SMILES string of the molecule is CC(C)(N=C=O)c1cc(F)c(Cl)nc1Cl. The summed E-state index contributed by atoms with van der Waals surface area (Å²) in [6.45, 7) is 3.18. The average Bonchev–Trinajstić information content (AvgIpc) is 2.11. The largest absolute Gasteiger partial charge is 0.235 e. The first-order chi connectivity index (χ1) is 6.88. The van der Waals surface area contributed by atoms with Crippen molar-refractivity contribution >= 4 is 29.3 Å². The van der Waals surface area contributed by atoms with E-state index in [0.29, 0.717) is 0 Å². The van der Waals surface area contributed by atoms with E-state index in [-0.39, 0.29) is 15.9 Å². The van der Waals surface area contributed by atoms with E-state index in [9.17, 15) is 9.18 Å². The molecule has 0 aliphatic carbocycles. The molecule has 15 heavy (non-hydrogen) atoms. The van der Waals surface area contributed by atoms with Crippen molar-refractivity contribution in [2.45, 2.75) is 19.4 Å². The third kappa shape index (κ3) is 2.53. The summed E-state index contributed by atoms with van der Waals surface area (Å²) in [6.07, 6.45) is 1.40. The molecule has 0 saturated carbocycles. The van der Waals surface area contributed by atoms with E-state index in [4.69, 9.17) is 23.2 Å². The zero-order chi connectivity index (χ0) is 11.6. The molecule has 6 heteroatoms. The van der Waals surface area contributed by atoms with E-state index in [1.165, 1.54) is 6.08 Å². The first-order valence-corrected chi connectivity index (χ1v) is 4.75. The molecule has 0 aliphatic rings. The van der Waals surface area contributed by atoms with Crippen molar-refractivity contribution in [1.82, 2.24) is 4.98 Å². The van der Waals surface area contributed by atoms with E-state index in [1.54, 1.807) is 13.8 Å². The predicted molar refractivity (Wildman–Crippen MR) is 55.4 cm³/mol. The second-order valence-electron chi connectivity index (χ2n) is 3.36. The molecule has 0 spiro atoms. The van der Waals surface area contributed by atoms with Crippen molar-refractivity contribution in [3.05, 3.63) is 27.8 Å². The van der Waals surface area contributed by atoms with Gasteiger partial charge in [-0.1, -0.05) is 23.2 Å². The van der Waals surface area contributed by atoms with Gasteiger partial charge >= 0.3 is 0 Å². The number of isocyanates is 1. The molecule has 0 N–H and O–H groups in total. The molecule has 0 radical (unpaired) electrons. The third-order valence-corrected chi connectivity index (χ3v) is 2.42. The molecule has 0 unspecified atom stereocenters. The van der Waals surface area contributed by atoms with Gasteiger partial charge in [0.15, 0.2) is 11.0 Å². The van der Waals surface area contributed by atoms with E-state index in [2.05, 4.69) is 9.98 Å². The van der Waals surface area contributed by atoms with Gasteiger partial charge in [0.1, 0.15) is 5.15 Å². The minimum atomic E-state index is -0.975. The standard InChI is InChI=1S/C9H7Cl2FN2O/c1-9(2,13-4-15)5-3-6(12)8(11)14-7(5)10/h3H,1-2H3. The van der Waals surface area contributed by atoms with E-state index >= 15 is 0 Å². The smallest absolute Gasteiger partial charge is 0.221 e. The number of nitrogens with zero attached hydrogens (tertiary/aromatic N) is 2. The fraction of sp³-hybridized carbons (Fsp3) is 0.333. The van der Waals surface area contributed by atoms with Gasteiger partial charge in [0.2, 0.25) is 6.08 Å². The summed E-state index contributed by atoms with van der Waals surface area (Å²) < 4.78 is 13.1. The van der Waals surface area contributed by atoms with Crippen LogP contribution in [0.3, 0.4) is 0 Å². The Labute approximate surface area is 95.9 Å². The number of carbonyl (C=O) groups excluding carboxylic acids is 1. The monoisotopic (exact) mass is 248 g/mol. The fourth-order valence-electron chi connectivity index (χ4n) is 1.05. The molecule has 0 amide bonds. The van der Waals surface area contributed by atoms with Gasteiger partial charge in [0.25, 0.3) is 0 Å². The van der Waals surface area contributed by atoms with Crippen LogP contribution >= 0.6 is 23.2 Å². The van der Waals surface area contributed by atoms with Crippen molar-refractivity contribution in [1.29, 1.82) is 0 Å². The van der Waals surface area contributed by atoms with Gasteiger partial charge < -0.3 is 0 Å². The van der Waals surface area contributed by atoms with Crippen molar-refractivity contribution in [3.8, 4) is 0 Å². The molecule has 1 aromatic rings. The highest BCUT2D eigenvalue weighted by molar-refractivity contribution is 6.33. The lowest BCUT2D eigenvalue weighted by Crippen LogP contribution is -2.15. The zero-order valence-electron chi connectivity index (χ0n) is 8.01. The van der Waals surface area contributed by atoms with E-state index < -0.39 is 11.4 Å².